The molecule has 0 aliphatic heterocycles. The second-order valence-corrected chi connectivity index (χ2v) is 12.2. The van der Waals surface area contributed by atoms with Gasteiger partial charge in [-0.2, -0.15) is 4.98 Å². The smallest absolute Gasteiger partial charge is 0.221 e. The summed E-state index contributed by atoms with van der Waals surface area (Å²) in [5.41, 5.74) is 15.1. The molecule has 0 bridgehead atoms. The number of methoxy groups -OCH3 is 2. The van der Waals surface area contributed by atoms with E-state index in [-0.39, 0.29) is 15.7 Å². The maximum absolute atomic E-state index is 13.5. The van der Waals surface area contributed by atoms with Gasteiger partial charge in [0.2, 0.25) is 21.5 Å². The van der Waals surface area contributed by atoms with E-state index in [9.17, 15) is 8.42 Å². The number of ether oxygens (including phenoxy) is 3. The highest BCUT2D eigenvalue weighted by atomic mass is 32.2. The molecule has 0 aliphatic carbocycles. The number of nitrogens with zero attached hydrogens (tertiary/aromatic N) is 2. The van der Waals surface area contributed by atoms with Crippen molar-refractivity contribution in [1.29, 1.82) is 0 Å². The summed E-state index contributed by atoms with van der Waals surface area (Å²) in [6.45, 7) is 2.90. The van der Waals surface area contributed by atoms with Crippen molar-refractivity contribution in [2.75, 3.05) is 44.2 Å². The number of hydrogen-bond acceptors (Lipinski definition) is 10. The summed E-state index contributed by atoms with van der Waals surface area (Å²) in [4.78, 5) is 8.61. The van der Waals surface area contributed by atoms with Crippen molar-refractivity contribution < 1.29 is 22.6 Å². The molecule has 0 unspecified atom stereocenters. The molecule has 1 heterocycles. The Morgan fingerprint density at radius 1 is 0.886 bits per heavy atom. The van der Waals surface area contributed by atoms with Gasteiger partial charge in [0.05, 0.1) is 30.6 Å². The fourth-order valence-electron chi connectivity index (χ4n) is 4.94. The van der Waals surface area contributed by atoms with E-state index in [4.69, 9.17) is 25.7 Å². The highest BCUT2D eigenvalue weighted by molar-refractivity contribution is 7.91. The zero-order valence-electron chi connectivity index (χ0n) is 24.8. The van der Waals surface area contributed by atoms with E-state index >= 15 is 0 Å². The summed E-state index contributed by atoms with van der Waals surface area (Å²) < 4.78 is 44.3. The maximum atomic E-state index is 13.5. The van der Waals surface area contributed by atoms with Crippen molar-refractivity contribution in [3.05, 3.63) is 95.7 Å². The van der Waals surface area contributed by atoms with E-state index in [1.165, 1.54) is 0 Å². The third-order valence-corrected chi connectivity index (χ3v) is 9.05. The predicted molar refractivity (Wildman–Crippen MR) is 172 cm³/mol. The molecule has 11 heteroatoms. The number of benzene rings is 4. The average molecular weight is 614 g/mol. The largest absolute Gasteiger partial charge is 0.493 e. The maximum Gasteiger partial charge on any atom is 0.221 e. The van der Waals surface area contributed by atoms with Crippen LogP contribution in [0.1, 0.15) is 23.1 Å². The summed E-state index contributed by atoms with van der Waals surface area (Å²) in [5.74, 6) is 1.99. The minimum absolute atomic E-state index is 0.121. The number of aryl methyl sites for hydroxylation is 1. The molecular weight excluding hydrogens is 578 g/mol. The molecule has 10 nitrogen and oxygen atoms in total. The van der Waals surface area contributed by atoms with Crippen LogP contribution < -0.4 is 31.0 Å². The molecule has 5 rings (SSSR count). The van der Waals surface area contributed by atoms with E-state index in [2.05, 4.69) is 15.3 Å². The lowest BCUT2D eigenvalue weighted by atomic mass is 10.1. The van der Waals surface area contributed by atoms with E-state index in [1.807, 2.05) is 49.4 Å². The molecule has 1 aromatic heterocycles. The SMILES string of the molecule is COc1cc(Cc2cnc(N)nc2N)cc(OC)c1OCCCNc1ccc(S(=O)(=O)c2ccc(C)cc2)c2ccccc12. The average Bonchev–Trinajstić information content (AvgIpc) is 3.02. The Kier molecular flexibility index (Phi) is 9.05. The van der Waals surface area contributed by atoms with Crippen molar-refractivity contribution in [2.45, 2.75) is 29.6 Å². The van der Waals surface area contributed by atoms with Crippen LogP contribution in [0, 0.1) is 6.92 Å². The number of fused-ring (bicyclic) bond motifs is 1. The van der Waals surface area contributed by atoms with E-state index < -0.39 is 9.84 Å². The zero-order valence-corrected chi connectivity index (χ0v) is 25.6. The fourth-order valence-corrected chi connectivity index (χ4v) is 6.41. The number of nitrogens with one attached hydrogen (secondary N) is 1. The second-order valence-electron chi connectivity index (χ2n) is 10.2. The Morgan fingerprint density at radius 2 is 1.57 bits per heavy atom. The van der Waals surface area contributed by atoms with Gasteiger partial charge >= 0.3 is 0 Å². The van der Waals surface area contributed by atoms with Crippen LogP contribution in [0.3, 0.4) is 0 Å². The predicted octanol–water partition coefficient (Wildman–Crippen LogP) is 5.42. The first-order valence-corrected chi connectivity index (χ1v) is 15.5. The van der Waals surface area contributed by atoms with Crippen LogP contribution >= 0.6 is 0 Å². The van der Waals surface area contributed by atoms with Gasteiger partial charge in [-0.05, 0) is 55.3 Å². The number of rotatable bonds is 12. The molecule has 5 aromatic rings. The molecule has 44 heavy (non-hydrogen) atoms. The second kappa shape index (κ2) is 13.1. The molecule has 0 fully saturated rings. The Hall–Kier alpha value is -5.03. The van der Waals surface area contributed by atoms with Crippen LogP contribution in [0.15, 0.2) is 88.8 Å². The van der Waals surface area contributed by atoms with Crippen LogP contribution in [0.2, 0.25) is 0 Å². The van der Waals surface area contributed by atoms with Crippen LogP contribution in [0.4, 0.5) is 17.5 Å². The third-order valence-electron chi connectivity index (χ3n) is 7.22. The van der Waals surface area contributed by atoms with Crippen LogP contribution in [-0.2, 0) is 16.3 Å². The van der Waals surface area contributed by atoms with Gasteiger partial charge in [0.25, 0.3) is 0 Å². The molecule has 0 saturated heterocycles. The molecule has 4 aromatic carbocycles. The Balaban J connectivity index is 1.26. The van der Waals surface area contributed by atoms with E-state index in [0.29, 0.717) is 54.4 Å². The Morgan fingerprint density at radius 3 is 2.23 bits per heavy atom. The minimum atomic E-state index is -3.69. The quantitative estimate of drug-likeness (QED) is 0.155. The lowest BCUT2D eigenvalue weighted by molar-refractivity contribution is 0.273. The summed E-state index contributed by atoms with van der Waals surface area (Å²) in [7, 11) is -0.544. The fraction of sp³-hybridized carbons (Fsp3) is 0.212. The van der Waals surface area contributed by atoms with Gasteiger partial charge in [-0.1, -0.05) is 42.0 Å². The first kappa shape index (κ1) is 30.4. The summed E-state index contributed by atoms with van der Waals surface area (Å²) in [5, 5.41) is 4.92. The Labute approximate surface area is 256 Å². The van der Waals surface area contributed by atoms with Crippen LogP contribution in [0.25, 0.3) is 10.8 Å². The summed E-state index contributed by atoms with van der Waals surface area (Å²) >= 11 is 0. The Bertz CT molecular complexity index is 1870. The number of sulfone groups is 1. The van der Waals surface area contributed by atoms with Crippen molar-refractivity contribution in [3.8, 4) is 17.2 Å². The third kappa shape index (κ3) is 6.47. The van der Waals surface area contributed by atoms with Crippen LogP contribution in [-0.4, -0.2) is 45.8 Å². The molecule has 228 valence electrons. The highest BCUT2D eigenvalue weighted by Crippen LogP contribution is 2.39. The number of aromatic nitrogens is 2. The minimum Gasteiger partial charge on any atom is -0.493 e. The zero-order chi connectivity index (χ0) is 31.3. The van der Waals surface area contributed by atoms with Crippen molar-refractivity contribution in [1.82, 2.24) is 9.97 Å². The summed E-state index contributed by atoms with van der Waals surface area (Å²) in [6.07, 6.45) is 2.72. The van der Waals surface area contributed by atoms with Gasteiger partial charge in [0, 0.05) is 41.2 Å². The molecule has 5 N–H and O–H groups in total. The van der Waals surface area contributed by atoms with Gasteiger partial charge in [0.15, 0.2) is 11.5 Å². The lowest BCUT2D eigenvalue weighted by Crippen LogP contribution is -2.10. The molecule has 0 aliphatic rings. The van der Waals surface area contributed by atoms with Crippen molar-refractivity contribution >= 4 is 38.1 Å². The van der Waals surface area contributed by atoms with Crippen LogP contribution in [0.5, 0.6) is 17.2 Å². The number of hydrogen-bond donors (Lipinski definition) is 3. The monoisotopic (exact) mass is 613 g/mol. The number of nitrogens with two attached hydrogens (primary N) is 2. The van der Waals surface area contributed by atoms with E-state index in [0.717, 1.165) is 27.8 Å². The van der Waals surface area contributed by atoms with Crippen molar-refractivity contribution in [3.63, 3.8) is 0 Å². The lowest BCUT2D eigenvalue weighted by Gasteiger charge is -2.17. The first-order valence-electron chi connectivity index (χ1n) is 14.0. The topological polar surface area (TPSA) is 152 Å². The molecule has 0 amide bonds. The molecule has 0 radical (unpaired) electrons. The molecule has 0 saturated carbocycles. The normalized spacial score (nSPS) is 11.3. The molecular formula is C33H35N5O5S. The van der Waals surface area contributed by atoms with Gasteiger partial charge in [-0.3, -0.25) is 0 Å². The van der Waals surface area contributed by atoms with Gasteiger partial charge in [-0.15, -0.1) is 0 Å². The van der Waals surface area contributed by atoms with E-state index in [1.54, 1.807) is 50.7 Å². The highest BCUT2D eigenvalue weighted by Gasteiger charge is 2.21. The molecule has 0 atom stereocenters. The molecule has 0 spiro atoms. The number of nitrogen functional groups attached to an aromatic ring is 2. The summed E-state index contributed by atoms with van der Waals surface area (Å²) in [6, 6.07) is 21.6. The van der Waals surface area contributed by atoms with Gasteiger partial charge in [0.1, 0.15) is 5.82 Å². The first-order chi connectivity index (χ1) is 21.2. The number of anilines is 3. The van der Waals surface area contributed by atoms with Crippen molar-refractivity contribution in [2.24, 2.45) is 0 Å². The van der Waals surface area contributed by atoms with Gasteiger partial charge in [-0.25, -0.2) is 13.4 Å². The van der Waals surface area contributed by atoms with Gasteiger partial charge < -0.3 is 31.0 Å². The standard InChI is InChI=1S/C33H35N5O5S/c1-21-9-11-24(12-10-21)44(39,40)30-14-13-27(25-7-4-5-8-26(25)30)36-15-6-16-43-31-28(41-2)18-22(19-29(31)42-3)17-23-20-37-33(35)38-32(23)34/h4-5,7-14,18-20,36H,6,15-17H2,1-3H3,(H4,34,35,37,38).